The molecule has 1 aromatic rings. The van der Waals surface area contributed by atoms with Gasteiger partial charge >= 0.3 is 0 Å². The molecule has 9 heteroatoms. The molecule has 1 aliphatic heterocycles. The Morgan fingerprint density at radius 1 is 1.34 bits per heavy atom. The minimum absolute atomic E-state index is 0. The second kappa shape index (κ2) is 12.2. The molecular weight excluding hydrogens is 483 g/mol. The molecule has 1 saturated heterocycles. The maximum Gasteiger partial charge on any atom is 0.239 e. The number of anilines is 1. The molecule has 0 bridgehead atoms. The van der Waals surface area contributed by atoms with E-state index in [1.165, 1.54) is 0 Å². The summed E-state index contributed by atoms with van der Waals surface area (Å²) in [6.07, 6.45) is 2.08. The lowest BCUT2D eigenvalue weighted by Gasteiger charge is -2.32. The second-order valence-electron chi connectivity index (χ2n) is 8.00. The number of guanidine groups is 1. The smallest absolute Gasteiger partial charge is 0.239 e. The van der Waals surface area contributed by atoms with E-state index >= 15 is 0 Å². The molecule has 164 valence electrons. The fraction of sp³-hybridized carbons (Fsp3) is 0.650. The molecule has 0 saturated carbocycles. The second-order valence-corrected chi connectivity index (χ2v) is 8.00. The number of rotatable bonds is 6. The Morgan fingerprint density at radius 3 is 2.69 bits per heavy atom. The number of ether oxygens (including phenoxy) is 1. The molecule has 1 atom stereocenters. The van der Waals surface area contributed by atoms with Crippen molar-refractivity contribution in [3.05, 3.63) is 23.9 Å². The third kappa shape index (κ3) is 9.62. The molecule has 29 heavy (non-hydrogen) atoms. The molecule has 1 amide bonds. The van der Waals surface area contributed by atoms with Crippen LogP contribution in [0.25, 0.3) is 0 Å². The average molecular weight is 518 g/mol. The maximum atomic E-state index is 12.0. The van der Waals surface area contributed by atoms with E-state index in [1.807, 2.05) is 46.0 Å². The van der Waals surface area contributed by atoms with Crippen molar-refractivity contribution in [3.8, 4) is 0 Å². The summed E-state index contributed by atoms with van der Waals surface area (Å²) >= 11 is 0. The van der Waals surface area contributed by atoms with Gasteiger partial charge in [-0.1, -0.05) is 6.07 Å². The fourth-order valence-electron chi connectivity index (χ4n) is 2.86. The van der Waals surface area contributed by atoms with Crippen LogP contribution in [0.15, 0.2) is 23.3 Å². The van der Waals surface area contributed by atoms with E-state index in [9.17, 15) is 4.79 Å². The predicted molar refractivity (Wildman–Crippen MR) is 128 cm³/mol. The highest BCUT2D eigenvalue weighted by Crippen LogP contribution is 2.15. The van der Waals surface area contributed by atoms with Crippen LogP contribution in [0.3, 0.4) is 0 Å². The lowest BCUT2D eigenvalue weighted by atomic mass is 10.1. The van der Waals surface area contributed by atoms with Crippen molar-refractivity contribution in [1.82, 2.24) is 20.9 Å². The number of halogens is 1. The zero-order valence-corrected chi connectivity index (χ0v) is 20.4. The van der Waals surface area contributed by atoms with Crippen LogP contribution in [-0.4, -0.2) is 61.3 Å². The van der Waals surface area contributed by atoms with E-state index in [-0.39, 0.29) is 48.1 Å². The Labute approximate surface area is 191 Å². The Morgan fingerprint density at radius 2 is 2.10 bits per heavy atom. The number of amides is 1. The lowest BCUT2D eigenvalue weighted by molar-refractivity contribution is -0.121. The first kappa shape index (κ1) is 25.4. The number of carbonyl (C=O) groups excluding carboxylic acids is 1. The number of morpholine rings is 1. The number of aliphatic imine (C=N–C) groups is 1. The van der Waals surface area contributed by atoms with Gasteiger partial charge in [-0.2, -0.15) is 0 Å². The number of aromatic nitrogens is 1. The lowest BCUT2D eigenvalue weighted by Crippen LogP contribution is -2.48. The van der Waals surface area contributed by atoms with E-state index in [1.54, 1.807) is 0 Å². The molecule has 2 heterocycles. The van der Waals surface area contributed by atoms with Crippen molar-refractivity contribution in [3.63, 3.8) is 0 Å². The van der Waals surface area contributed by atoms with Crippen LogP contribution in [0.2, 0.25) is 0 Å². The first-order valence-corrected chi connectivity index (χ1v) is 9.91. The number of nitrogens with zero attached hydrogens (tertiary/aromatic N) is 3. The molecule has 8 nitrogen and oxygen atoms in total. The number of pyridine rings is 1. The highest BCUT2D eigenvalue weighted by molar-refractivity contribution is 14.0. The quantitative estimate of drug-likeness (QED) is 0.303. The molecule has 1 aliphatic rings. The van der Waals surface area contributed by atoms with E-state index in [2.05, 4.69) is 37.8 Å². The van der Waals surface area contributed by atoms with Crippen LogP contribution in [0.5, 0.6) is 0 Å². The Hall–Kier alpha value is -1.62. The number of nitrogens with one attached hydrogen (secondary N) is 3. The summed E-state index contributed by atoms with van der Waals surface area (Å²) in [6, 6.07) is 4.07. The molecule has 2 rings (SSSR count). The normalized spacial score (nSPS) is 17.3. The highest BCUT2D eigenvalue weighted by Gasteiger charge is 2.17. The van der Waals surface area contributed by atoms with Crippen molar-refractivity contribution in [1.29, 1.82) is 0 Å². The molecule has 3 N–H and O–H groups in total. The number of carbonyl (C=O) groups is 1. The van der Waals surface area contributed by atoms with Gasteiger partial charge in [0.05, 0.1) is 25.8 Å². The largest absolute Gasteiger partial charge is 0.375 e. The van der Waals surface area contributed by atoms with Gasteiger partial charge in [-0.25, -0.2) is 9.98 Å². The highest BCUT2D eigenvalue weighted by atomic mass is 127. The molecular formula is C20H35IN6O2. The molecule has 1 unspecified atom stereocenters. The van der Waals surface area contributed by atoms with Crippen LogP contribution in [0.1, 0.15) is 40.2 Å². The van der Waals surface area contributed by atoms with Gasteiger partial charge in [0.25, 0.3) is 0 Å². The van der Waals surface area contributed by atoms with Gasteiger partial charge in [-0.05, 0) is 46.2 Å². The fourth-order valence-corrected chi connectivity index (χ4v) is 2.86. The molecule has 0 radical (unpaired) electrons. The molecule has 0 aliphatic carbocycles. The molecule has 1 aromatic heterocycles. The Kier molecular flexibility index (Phi) is 10.7. The van der Waals surface area contributed by atoms with Gasteiger partial charge in [-0.15, -0.1) is 24.0 Å². The minimum atomic E-state index is -0.250. The number of hydrogen-bond acceptors (Lipinski definition) is 5. The summed E-state index contributed by atoms with van der Waals surface area (Å²) < 4.78 is 5.58. The van der Waals surface area contributed by atoms with Crippen molar-refractivity contribution < 1.29 is 9.53 Å². The first-order valence-electron chi connectivity index (χ1n) is 9.91. The van der Waals surface area contributed by atoms with Crippen LogP contribution in [-0.2, 0) is 16.1 Å². The summed E-state index contributed by atoms with van der Waals surface area (Å²) in [7, 11) is 0. The van der Waals surface area contributed by atoms with E-state index < -0.39 is 0 Å². The summed E-state index contributed by atoms with van der Waals surface area (Å²) in [5.41, 5.74) is 0.765. The van der Waals surface area contributed by atoms with Gasteiger partial charge in [0, 0.05) is 31.4 Å². The first-order chi connectivity index (χ1) is 13.3. The third-order valence-corrected chi connectivity index (χ3v) is 4.07. The van der Waals surface area contributed by atoms with Crippen molar-refractivity contribution in [2.24, 2.45) is 4.99 Å². The van der Waals surface area contributed by atoms with Gasteiger partial charge in [-0.3, -0.25) is 4.79 Å². The van der Waals surface area contributed by atoms with Crippen LogP contribution in [0, 0.1) is 0 Å². The number of hydrogen-bond donors (Lipinski definition) is 3. The Bertz CT molecular complexity index is 660. The summed E-state index contributed by atoms with van der Waals surface area (Å²) in [6.45, 7) is 13.8. The maximum absolute atomic E-state index is 12.0. The summed E-state index contributed by atoms with van der Waals surface area (Å²) in [5, 5.41) is 9.14. The zero-order valence-electron chi connectivity index (χ0n) is 18.1. The van der Waals surface area contributed by atoms with Crippen LogP contribution >= 0.6 is 24.0 Å². The van der Waals surface area contributed by atoms with Crippen molar-refractivity contribution >= 4 is 41.7 Å². The SMILES string of the molecule is CCNC(=NCc1ccc(N2CCOC(C)C2)nc1)NCC(=O)NC(C)(C)C.I. The van der Waals surface area contributed by atoms with E-state index in [0.717, 1.165) is 37.6 Å². The van der Waals surface area contributed by atoms with E-state index in [4.69, 9.17) is 4.74 Å². The standard InChI is InChI=1S/C20H34N6O2.HI/c1-6-21-19(24-13-18(27)25-20(3,4)5)23-12-16-7-8-17(22-11-16)26-9-10-28-15(2)14-26;/h7-8,11,15H,6,9-10,12-14H2,1-5H3,(H,25,27)(H2,21,23,24);1H. The van der Waals surface area contributed by atoms with Crippen LogP contribution in [0.4, 0.5) is 5.82 Å². The van der Waals surface area contributed by atoms with Crippen LogP contribution < -0.4 is 20.9 Å². The summed E-state index contributed by atoms with van der Waals surface area (Å²) in [4.78, 5) is 23.3. The minimum Gasteiger partial charge on any atom is -0.375 e. The average Bonchev–Trinajstić information content (AvgIpc) is 2.63. The predicted octanol–water partition coefficient (Wildman–Crippen LogP) is 1.89. The topological polar surface area (TPSA) is 90.9 Å². The van der Waals surface area contributed by atoms with Crippen molar-refractivity contribution in [2.75, 3.05) is 37.7 Å². The van der Waals surface area contributed by atoms with E-state index in [0.29, 0.717) is 12.5 Å². The zero-order chi connectivity index (χ0) is 20.6. The monoisotopic (exact) mass is 518 g/mol. The van der Waals surface area contributed by atoms with Gasteiger partial charge < -0.3 is 25.6 Å². The third-order valence-electron chi connectivity index (χ3n) is 4.07. The van der Waals surface area contributed by atoms with Gasteiger partial charge in [0.1, 0.15) is 5.82 Å². The molecule has 0 spiro atoms. The van der Waals surface area contributed by atoms with Gasteiger partial charge in [0.15, 0.2) is 5.96 Å². The Balaban J connectivity index is 0.00000420. The molecule has 0 aromatic carbocycles. The van der Waals surface area contributed by atoms with Crippen molar-refractivity contribution in [2.45, 2.75) is 52.8 Å². The molecule has 1 fully saturated rings. The van der Waals surface area contributed by atoms with Gasteiger partial charge in [0.2, 0.25) is 5.91 Å². The summed E-state index contributed by atoms with van der Waals surface area (Å²) in [5.74, 6) is 1.51.